The van der Waals surface area contributed by atoms with Crippen LogP contribution in [0.3, 0.4) is 0 Å². The number of rotatable bonds is 5. The smallest absolute Gasteiger partial charge is 0.409 e. The molecule has 0 aromatic rings. The quantitative estimate of drug-likeness (QED) is 0.630. The minimum absolute atomic E-state index is 0.0463. The van der Waals surface area contributed by atoms with Gasteiger partial charge in [0.1, 0.15) is 12.3 Å². The lowest BCUT2D eigenvalue weighted by Gasteiger charge is -2.52. The Bertz CT molecular complexity index is 638. The molecule has 4 atom stereocenters. The van der Waals surface area contributed by atoms with E-state index in [4.69, 9.17) is 14.2 Å². The Labute approximate surface area is 178 Å². The zero-order chi connectivity index (χ0) is 20.9. The molecule has 30 heavy (non-hydrogen) atoms. The van der Waals surface area contributed by atoms with Crippen LogP contribution in [0, 0.1) is 5.41 Å². The molecule has 0 radical (unpaired) electrons. The predicted octanol–water partition coefficient (Wildman–Crippen LogP) is 2.25. The van der Waals surface area contributed by atoms with Crippen LogP contribution in [0.2, 0.25) is 0 Å². The fraction of sp³-hybridized carbons (Fsp3) is 0.955. The Balaban J connectivity index is 1.09. The first-order chi connectivity index (χ1) is 14.5. The number of hydrogen-bond acceptors (Lipinski definition) is 6. The molecule has 5 fully saturated rings. The van der Waals surface area contributed by atoms with Gasteiger partial charge in [0, 0.05) is 44.9 Å². The van der Waals surface area contributed by atoms with Gasteiger partial charge in [0.15, 0.2) is 6.29 Å². The highest BCUT2D eigenvalue weighted by Gasteiger charge is 2.54. The number of alkyl halides is 1. The molecule has 0 bridgehead atoms. The molecular formula is C22H36FN3O4. The maximum Gasteiger partial charge on any atom is 0.409 e. The third kappa shape index (κ3) is 3.85. The second kappa shape index (κ2) is 8.19. The van der Waals surface area contributed by atoms with Crippen LogP contribution in [0.4, 0.5) is 9.18 Å². The Kier molecular flexibility index (Phi) is 5.71. The van der Waals surface area contributed by atoms with E-state index in [2.05, 4.69) is 9.80 Å². The number of carbonyl (C=O) groups is 1. The zero-order valence-electron chi connectivity index (χ0n) is 18.3. The number of methoxy groups -OCH3 is 1. The summed E-state index contributed by atoms with van der Waals surface area (Å²) in [6.07, 6.45) is 5.28. The van der Waals surface area contributed by atoms with E-state index in [-0.39, 0.29) is 24.5 Å². The molecule has 1 spiro atoms. The summed E-state index contributed by atoms with van der Waals surface area (Å²) in [6.45, 7) is 6.72. The molecule has 0 aromatic carbocycles. The minimum atomic E-state index is -0.745. The van der Waals surface area contributed by atoms with Crippen LogP contribution >= 0.6 is 0 Å². The molecular weight excluding hydrogens is 389 g/mol. The van der Waals surface area contributed by atoms with Gasteiger partial charge in [0.2, 0.25) is 0 Å². The average molecular weight is 426 g/mol. The van der Waals surface area contributed by atoms with E-state index in [0.717, 1.165) is 45.4 Å². The van der Waals surface area contributed by atoms with Crippen LogP contribution in [0.25, 0.3) is 0 Å². The van der Waals surface area contributed by atoms with Crippen molar-refractivity contribution in [2.75, 3.05) is 46.4 Å². The molecule has 8 heteroatoms. The first-order valence-corrected chi connectivity index (χ1v) is 11.8. The van der Waals surface area contributed by atoms with Gasteiger partial charge in [-0.1, -0.05) is 0 Å². The van der Waals surface area contributed by atoms with Gasteiger partial charge < -0.3 is 24.0 Å². The van der Waals surface area contributed by atoms with Crippen molar-refractivity contribution in [2.45, 2.75) is 82.1 Å². The summed E-state index contributed by atoms with van der Waals surface area (Å²) < 4.78 is 30.3. The maximum atomic E-state index is 14.2. The van der Waals surface area contributed by atoms with E-state index in [1.807, 2.05) is 11.8 Å². The molecule has 1 aliphatic carbocycles. The first-order valence-electron chi connectivity index (χ1n) is 11.8. The summed E-state index contributed by atoms with van der Waals surface area (Å²) in [5, 5.41) is 0. The van der Waals surface area contributed by atoms with Gasteiger partial charge in [-0.2, -0.15) is 0 Å². The summed E-state index contributed by atoms with van der Waals surface area (Å²) in [6, 6.07) is 1.26. The molecule has 5 rings (SSSR count). The highest BCUT2D eigenvalue weighted by Crippen LogP contribution is 2.50. The van der Waals surface area contributed by atoms with Crippen molar-refractivity contribution < 1.29 is 23.4 Å². The lowest BCUT2D eigenvalue weighted by molar-refractivity contribution is -0.0185. The van der Waals surface area contributed by atoms with Gasteiger partial charge in [0.25, 0.3) is 0 Å². The number of likely N-dealkylation sites (tertiary alicyclic amines) is 3. The highest BCUT2D eigenvalue weighted by atomic mass is 19.1. The average Bonchev–Trinajstić information content (AvgIpc) is 3.19. The summed E-state index contributed by atoms with van der Waals surface area (Å²) in [5.41, 5.74) is 0.314. The fourth-order valence-corrected chi connectivity index (χ4v) is 6.57. The monoisotopic (exact) mass is 425 g/mol. The summed E-state index contributed by atoms with van der Waals surface area (Å²) in [5.74, 6) is 0. The summed E-state index contributed by atoms with van der Waals surface area (Å²) >= 11 is 0. The van der Waals surface area contributed by atoms with Gasteiger partial charge in [-0.3, -0.25) is 4.90 Å². The molecule has 4 aliphatic heterocycles. The van der Waals surface area contributed by atoms with Crippen LogP contribution in [0.5, 0.6) is 0 Å². The number of carbonyl (C=O) groups excluding carboxylic acids is 1. The number of piperidine rings is 1. The lowest BCUT2D eigenvalue weighted by Crippen LogP contribution is -2.56. The molecule has 1 saturated carbocycles. The lowest BCUT2D eigenvalue weighted by atomic mass is 9.64. The largest absolute Gasteiger partial charge is 0.450 e. The second-order valence-electron chi connectivity index (χ2n) is 10.0. The Morgan fingerprint density at radius 2 is 1.97 bits per heavy atom. The van der Waals surface area contributed by atoms with Crippen LogP contribution in [-0.2, 0) is 14.2 Å². The maximum absolute atomic E-state index is 14.2. The van der Waals surface area contributed by atoms with Crippen molar-refractivity contribution in [1.82, 2.24) is 14.7 Å². The molecule has 170 valence electrons. The van der Waals surface area contributed by atoms with Gasteiger partial charge in [-0.15, -0.1) is 0 Å². The number of epoxide rings is 1. The molecule has 7 nitrogen and oxygen atoms in total. The molecule has 0 N–H and O–H groups in total. The normalized spacial score (nSPS) is 42.6. The number of amides is 1. The van der Waals surface area contributed by atoms with Crippen molar-refractivity contribution in [3.63, 3.8) is 0 Å². The van der Waals surface area contributed by atoms with Crippen molar-refractivity contribution in [3.8, 4) is 0 Å². The SMILES string of the molecule is CCOC(=O)N1CCC2(CC(N3CCC(N4C[C@H](F)C[C@@H]4C4OC4OC)CC3)C2)C1. The summed E-state index contributed by atoms with van der Waals surface area (Å²) in [7, 11) is 1.66. The number of halogens is 1. The zero-order valence-corrected chi connectivity index (χ0v) is 18.3. The standard InChI is InChI=1S/C22H36FN3O4/c1-3-29-21(27)25-9-6-22(14-25)11-17(12-22)24-7-4-16(5-8-24)26-13-15(23)10-18(26)19-20(28-2)30-19/h15-20H,3-14H2,1-2H3/t15-,17?,18-,19?,20?,22?/m1/s1. The van der Waals surface area contributed by atoms with E-state index < -0.39 is 6.17 Å². The Morgan fingerprint density at radius 3 is 2.63 bits per heavy atom. The Hall–Kier alpha value is -0.960. The van der Waals surface area contributed by atoms with Crippen LogP contribution in [0.15, 0.2) is 0 Å². The van der Waals surface area contributed by atoms with E-state index in [0.29, 0.717) is 37.1 Å². The topological polar surface area (TPSA) is 57.8 Å². The fourth-order valence-electron chi connectivity index (χ4n) is 6.57. The van der Waals surface area contributed by atoms with Crippen molar-refractivity contribution >= 4 is 6.09 Å². The van der Waals surface area contributed by atoms with Crippen LogP contribution in [-0.4, -0.2) is 104 Å². The Morgan fingerprint density at radius 1 is 1.20 bits per heavy atom. The molecule has 5 aliphatic rings. The van der Waals surface area contributed by atoms with E-state index in [1.165, 1.54) is 12.8 Å². The molecule has 4 heterocycles. The van der Waals surface area contributed by atoms with Gasteiger partial charge >= 0.3 is 6.09 Å². The first kappa shape index (κ1) is 20.9. The molecule has 2 unspecified atom stereocenters. The third-order valence-electron chi connectivity index (χ3n) is 8.21. The van der Waals surface area contributed by atoms with Crippen molar-refractivity contribution in [2.24, 2.45) is 5.41 Å². The molecule has 4 saturated heterocycles. The van der Waals surface area contributed by atoms with E-state index in [9.17, 15) is 9.18 Å². The van der Waals surface area contributed by atoms with Crippen molar-refractivity contribution in [3.05, 3.63) is 0 Å². The number of ether oxygens (including phenoxy) is 3. The van der Waals surface area contributed by atoms with E-state index in [1.54, 1.807) is 7.11 Å². The van der Waals surface area contributed by atoms with Crippen molar-refractivity contribution in [1.29, 1.82) is 0 Å². The van der Waals surface area contributed by atoms with E-state index >= 15 is 0 Å². The van der Waals surface area contributed by atoms with Crippen LogP contribution < -0.4 is 0 Å². The molecule has 0 aromatic heterocycles. The minimum Gasteiger partial charge on any atom is -0.450 e. The second-order valence-corrected chi connectivity index (χ2v) is 10.0. The van der Waals surface area contributed by atoms with Gasteiger partial charge in [-0.25, -0.2) is 9.18 Å². The highest BCUT2D eigenvalue weighted by molar-refractivity contribution is 5.68. The number of hydrogen-bond donors (Lipinski definition) is 0. The van der Waals surface area contributed by atoms with Gasteiger partial charge in [-0.05, 0) is 64.0 Å². The number of nitrogens with zero attached hydrogens (tertiary/aromatic N) is 3. The van der Waals surface area contributed by atoms with Gasteiger partial charge in [0.05, 0.1) is 6.61 Å². The van der Waals surface area contributed by atoms with Crippen LogP contribution in [0.1, 0.15) is 45.4 Å². The third-order valence-corrected chi connectivity index (χ3v) is 8.21. The molecule has 1 amide bonds. The summed E-state index contributed by atoms with van der Waals surface area (Å²) in [4.78, 5) is 18.9. The predicted molar refractivity (Wildman–Crippen MR) is 109 cm³/mol.